The molecule has 0 saturated heterocycles. The first-order valence-corrected chi connectivity index (χ1v) is 9.59. The summed E-state index contributed by atoms with van der Waals surface area (Å²) in [6, 6.07) is 3.67. The molecule has 3 rings (SSSR count). The monoisotopic (exact) mass is 393 g/mol. The largest absolute Gasteiger partial charge is 0.402 e. The van der Waals surface area contributed by atoms with E-state index in [1.165, 1.54) is 5.57 Å². The minimum Gasteiger partial charge on any atom is -0.402 e. The van der Waals surface area contributed by atoms with E-state index in [1.54, 1.807) is 30.9 Å². The molecule has 29 heavy (non-hydrogen) atoms. The van der Waals surface area contributed by atoms with Crippen LogP contribution in [0.25, 0.3) is 11.3 Å². The van der Waals surface area contributed by atoms with Crippen LogP contribution in [0.5, 0.6) is 0 Å². The van der Waals surface area contributed by atoms with Gasteiger partial charge in [-0.15, -0.1) is 0 Å². The standard InChI is InChI=1S/C21H27N7O/c1-14(22)21(16-5-7-23-8-6-16)15(2)26-13-20(29)28-19-4-3-17(11-27-19)18-12-24-9-10-25-18/h3-5,9-12,20,23,29H,6-8,13,22H2,1-2H3,(H,27,28). The zero-order valence-electron chi connectivity index (χ0n) is 16.8. The van der Waals surface area contributed by atoms with Crippen molar-refractivity contribution in [3.8, 4) is 11.3 Å². The van der Waals surface area contributed by atoms with E-state index >= 15 is 0 Å². The maximum absolute atomic E-state index is 10.3. The molecule has 152 valence electrons. The van der Waals surface area contributed by atoms with Crippen LogP contribution in [0.3, 0.4) is 0 Å². The van der Waals surface area contributed by atoms with Crippen LogP contribution in [0.15, 0.2) is 64.8 Å². The molecule has 0 radical (unpaired) electrons. The molecule has 0 bridgehead atoms. The molecule has 0 aliphatic carbocycles. The van der Waals surface area contributed by atoms with Gasteiger partial charge in [0.2, 0.25) is 0 Å². The van der Waals surface area contributed by atoms with Crippen molar-refractivity contribution in [3.05, 3.63) is 59.8 Å². The molecule has 8 nitrogen and oxygen atoms in total. The van der Waals surface area contributed by atoms with Gasteiger partial charge in [-0.3, -0.25) is 15.0 Å². The molecule has 3 heterocycles. The number of aliphatic hydroxyl groups excluding tert-OH is 1. The molecule has 0 spiro atoms. The fraction of sp³-hybridized carbons (Fsp3) is 0.333. The number of aliphatic hydroxyl groups is 1. The number of aromatic nitrogens is 3. The van der Waals surface area contributed by atoms with Gasteiger partial charge in [0.05, 0.1) is 18.4 Å². The Bertz CT molecular complexity index is 900. The number of hydrogen-bond donors (Lipinski definition) is 4. The van der Waals surface area contributed by atoms with Crippen LogP contribution in [0, 0.1) is 0 Å². The number of allylic oxidation sites excluding steroid dienone is 2. The van der Waals surface area contributed by atoms with E-state index in [-0.39, 0.29) is 6.54 Å². The summed E-state index contributed by atoms with van der Waals surface area (Å²) in [7, 11) is 0. The van der Waals surface area contributed by atoms with Gasteiger partial charge >= 0.3 is 0 Å². The van der Waals surface area contributed by atoms with Gasteiger partial charge in [0, 0.05) is 47.7 Å². The lowest BCUT2D eigenvalue weighted by atomic mass is 9.95. The quantitative estimate of drug-likeness (QED) is 0.418. The predicted molar refractivity (Wildman–Crippen MR) is 115 cm³/mol. The van der Waals surface area contributed by atoms with Crippen molar-refractivity contribution in [1.82, 2.24) is 20.3 Å². The van der Waals surface area contributed by atoms with Crippen LogP contribution in [-0.2, 0) is 0 Å². The number of anilines is 1. The minimum absolute atomic E-state index is 0.196. The first-order chi connectivity index (χ1) is 14.0. The van der Waals surface area contributed by atoms with Gasteiger partial charge in [0.25, 0.3) is 0 Å². The lowest BCUT2D eigenvalue weighted by molar-refractivity contribution is 0.212. The second kappa shape index (κ2) is 9.90. The topological polar surface area (TPSA) is 121 Å². The maximum Gasteiger partial charge on any atom is 0.145 e. The van der Waals surface area contributed by atoms with Crippen molar-refractivity contribution in [3.63, 3.8) is 0 Å². The normalized spacial score (nSPS) is 16.7. The van der Waals surface area contributed by atoms with E-state index < -0.39 is 6.23 Å². The molecular formula is C21H27N7O. The third-order valence-corrected chi connectivity index (χ3v) is 4.58. The molecule has 1 aliphatic rings. The van der Waals surface area contributed by atoms with Crippen molar-refractivity contribution >= 4 is 11.5 Å². The summed E-state index contributed by atoms with van der Waals surface area (Å²) >= 11 is 0. The van der Waals surface area contributed by atoms with Crippen LogP contribution in [0.1, 0.15) is 20.3 Å². The SMILES string of the molecule is CC(=NCC(O)Nc1ccc(-c2cnccn2)cn1)C(C1=CCNCC1)=C(C)N. The number of nitrogens with zero attached hydrogens (tertiary/aromatic N) is 4. The van der Waals surface area contributed by atoms with E-state index in [4.69, 9.17) is 5.73 Å². The molecule has 0 aromatic carbocycles. The van der Waals surface area contributed by atoms with Gasteiger partial charge < -0.3 is 21.5 Å². The Morgan fingerprint density at radius 2 is 2.14 bits per heavy atom. The number of pyridine rings is 1. The number of nitrogens with one attached hydrogen (secondary N) is 2. The van der Waals surface area contributed by atoms with Gasteiger partial charge in [-0.25, -0.2) is 4.98 Å². The Morgan fingerprint density at radius 1 is 1.28 bits per heavy atom. The van der Waals surface area contributed by atoms with Crippen molar-refractivity contribution < 1.29 is 5.11 Å². The van der Waals surface area contributed by atoms with Gasteiger partial charge in [-0.05, 0) is 44.5 Å². The Labute approximate surface area is 170 Å². The molecule has 0 saturated carbocycles. The molecule has 0 fully saturated rings. The highest BCUT2D eigenvalue weighted by Gasteiger charge is 2.14. The summed E-state index contributed by atoms with van der Waals surface area (Å²) in [6.45, 7) is 5.77. The number of hydrogen-bond acceptors (Lipinski definition) is 8. The van der Waals surface area contributed by atoms with Gasteiger partial charge in [0.15, 0.2) is 0 Å². The molecule has 1 unspecified atom stereocenters. The number of nitrogens with two attached hydrogens (primary N) is 1. The average Bonchev–Trinajstić information content (AvgIpc) is 2.74. The summed E-state index contributed by atoms with van der Waals surface area (Å²) in [6.07, 6.45) is 8.83. The fourth-order valence-corrected chi connectivity index (χ4v) is 3.22. The zero-order valence-corrected chi connectivity index (χ0v) is 16.8. The van der Waals surface area contributed by atoms with Crippen LogP contribution < -0.4 is 16.4 Å². The van der Waals surface area contributed by atoms with Gasteiger partial charge in [-0.2, -0.15) is 0 Å². The van der Waals surface area contributed by atoms with E-state index in [2.05, 4.69) is 36.7 Å². The van der Waals surface area contributed by atoms with Crippen LogP contribution in [0.4, 0.5) is 5.82 Å². The highest BCUT2D eigenvalue weighted by atomic mass is 16.3. The Morgan fingerprint density at radius 3 is 2.76 bits per heavy atom. The third kappa shape index (κ3) is 5.69. The molecule has 1 aliphatic heterocycles. The molecule has 8 heteroatoms. The summed E-state index contributed by atoms with van der Waals surface area (Å²) in [5.74, 6) is 0.560. The highest BCUT2D eigenvalue weighted by molar-refractivity contribution is 6.02. The maximum atomic E-state index is 10.3. The van der Waals surface area contributed by atoms with E-state index in [0.29, 0.717) is 5.82 Å². The number of rotatable bonds is 7. The predicted octanol–water partition coefficient (Wildman–Crippen LogP) is 1.88. The third-order valence-electron chi connectivity index (χ3n) is 4.58. The molecular weight excluding hydrogens is 366 g/mol. The molecule has 5 N–H and O–H groups in total. The van der Waals surface area contributed by atoms with Crippen LogP contribution in [-0.4, -0.2) is 51.6 Å². The Balaban J connectivity index is 1.62. The summed E-state index contributed by atoms with van der Waals surface area (Å²) in [4.78, 5) is 17.2. The second-order valence-electron chi connectivity index (χ2n) is 6.85. The Hall–Kier alpha value is -3.10. The van der Waals surface area contributed by atoms with Crippen molar-refractivity contribution in [2.75, 3.05) is 25.0 Å². The number of aliphatic imine (C=N–C) groups is 1. The van der Waals surface area contributed by atoms with Crippen molar-refractivity contribution in [2.45, 2.75) is 26.5 Å². The van der Waals surface area contributed by atoms with Crippen molar-refractivity contribution in [1.29, 1.82) is 0 Å². The zero-order chi connectivity index (χ0) is 20.6. The summed E-state index contributed by atoms with van der Waals surface area (Å²) in [5, 5.41) is 16.6. The van der Waals surface area contributed by atoms with E-state index in [9.17, 15) is 5.11 Å². The van der Waals surface area contributed by atoms with E-state index in [0.717, 1.165) is 47.7 Å². The smallest absolute Gasteiger partial charge is 0.145 e. The van der Waals surface area contributed by atoms with Gasteiger partial charge in [-0.1, -0.05) is 6.08 Å². The first-order valence-electron chi connectivity index (χ1n) is 9.59. The molecule has 0 amide bonds. The lowest BCUT2D eigenvalue weighted by Crippen LogP contribution is -2.25. The summed E-state index contributed by atoms with van der Waals surface area (Å²) in [5.41, 5.74) is 11.4. The molecule has 1 atom stereocenters. The van der Waals surface area contributed by atoms with Crippen LogP contribution >= 0.6 is 0 Å². The summed E-state index contributed by atoms with van der Waals surface area (Å²) < 4.78 is 0. The Kier molecular flexibility index (Phi) is 7.04. The van der Waals surface area contributed by atoms with Gasteiger partial charge in [0.1, 0.15) is 12.0 Å². The van der Waals surface area contributed by atoms with E-state index in [1.807, 2.05) is 19.9 Å². The lowest BCUT2D eigenvalue weighted by Gasteiger charge is -2.19. The fourth-order valence-electron chi connectivity index (χ4n) is 3.22. The minimum atomic E-state index is -0.860. The average molecular weight is 393 g/mol. The molecule has 2 aromatic rings. The highest BCUT2D eigenvalue weighted by Crippen LogP contribution is 2.20. The second-order valence-corrected chi connectivity index (χ2v) is 6.85. The van der Waals surface area contributed by atoms with Crippen LogP contribution in [0.2, 0.25) is 0 Å². The molecule has 2 aromatic heterocycles. The van der Waals surface area contributed by atoms with Crippen molar-refractivity contribution in [2.24, 2.45) is 10.7 Å². The first kappa shape index (κ1) is 20.6.